The van der Waals surface area contributed by atoms with Gasteiger partial charge < -0.3 is 14.9 Å². The minimum atomic E-state index is -0.961. The minimum absolute atomic E-state index is 0.0623. The lowest BCUT2D eigenvalue weighted by Gasteiger charge is -2.47. The molecule has 104 valence electrons. The Balaban J connectivity index is 2.14. The van der Waals surface area contributed by atoms with Crippen LogP contribution in [0.25, 0.3) is 0 Å². The van der Waals surface area contributed by atoms with E-state index < -0.39 is 17.1 Å². The van der Waals surface area contributed by atoms with Gasteiger partial charge in [-0.3, -0.25) is 4.79 Å². The van der Waals surface area contributed by atoms with Gasteiger partial charge in [0.1, 0.15) is 6.10 Å². The fourth-order valence-electron chi connectivity index (χ4n) is 3.97. The van der Waals surface area contributed by atoms with E-state index in [1.807, 2.05) is 6.92 Å². The summed E-state index contributed by atoms with van der Waals surface area (Å²) < 4.78 is 5.75. The van der Waals surface area contributed by atoms with Crippen molar-refractivity contribution in [2.45, 2.75) is 44.5 Å². The van der Waals surface area contributed by atoms with Gasteiger partial charge in [-0.2, -0.15) is 0 Å². The van der Waals surface area contributed by atoms with Crippen molar-refractivity contribution in [2.24, 2.45) is 11.3 Å². The third-order valence-corrected chi connectivity index (χ3v) is 5.35. The van der Waals surface area contributed by atoms with Crippen LogP contribution in [0.3, 0.4) is 0 Å². The summed E-state index contributed by atoms with van der Waals surface area (Å²) in [6.45, 7) is 7.47. The van der Waals surface area contributed by atoms with Crippen LogP contribution in [0.15, 0.2) is 23.8 Å². The van der Waals surface area contributed by atoms with Crippen LogP contribution in [0.4, 0.5) is 0 Å². The van der Waals surface area contributed by atoms with Gasteiger partial charge in [-0.15, -0.1) is 0 Å². The van der Waals surface area contributed by atoms with Gasteiger partial charge in [-0.1, -0.05) is 19.1 Å². The van der Waals surface area contributed by atoms with Gasteiger partial charge in [0.25, 0.3) is 0 Å². The Morgan fingerprint density at radius 1 is 1.63 bits per heavy atom. The zero-order valence-electron chi connectivity index (χ0n) is 11.3. The van der Waals surface area contributed by atoms with E-state index in [-0.39, 0.29) is 24.4 Å². The molecule has 1 saturated heterocycles. The van der Waals surface area contributed by atoms with E-state index >= 15 is 0 Å². The normalized spacial score (nSPS) is 48.1. The number of fused-ring (bicyclic) bond motifs is 3. The molecule has 0 aromatic rings. The molecule has 0 bridgehead atoms. The molecule has 4 heteroatoms. The highest BCUT2D eigenvalue weighted by molar-refractivity contribution is 6.04. The predicted octanol–water partition coefficient (Wildman–Crippen LogP) is 0.979. The second-order valence-corrected chi connectivity index (χ2v) is 6.14. The number of aliphatic hydroxyl groups is 2. The number of ketones is 1. The first-order chi connectivity index (χ1) is 8.91. The molecule has 1 heterocycles. The number of carbonyl (C=O) groups excluding carboxylic acids is 1. The Kier molecular flexibility index (Phi) is 2.59. The van der Waals surface area contributed by atoms with E-state index in [9.17, 15) is 15.0 Å². The average molecular weight is 264 g/mol. The molecule has 0 spiro atoms. The van der Waals surface area contributed by atoms with Crippen molar-refractivity contribution in [3.63, 3.8) is 0 Å². The van der Waals surface area contributed by atoms with Crippen LogP contribution in [-0.4, -0.2) is 40.4 Å². The predicted molar refractivity (Wildman–Crippen MR) is 69.4 cm³/mol. The SMILES string of the molecule is C=C(C)C12OC1C1(CO)C(=CC2=O)CCC(O)C1C. The molecule has 2 fully saturated rings. The number of hydrogen-bond donors (Lipinski definition) is 2. The largest absolute Gasteiger partial charge is 0.395 e. The molecule has 3 rings (SSSR count). The molecule has 2 N–H and O–H groups in total. The molecule has 0 aromatic heterocycles. The fraction of sp³-hybridized carbons (Fsp3) is 0.667. The highest BCUT2D eigenvalue weighted by atomic mass is 16.6. The second-order valence-electron chi connectivity index (χ2n) is 6.14. The lowest BCUT2D eigenvalue weighted by atomic mass is 9.56. The van der Waals surface area contributed by atoms with E-state index in [0.29, 0.717) is 18.4 Å². The summed E-state index contributed by atoms with van der Waals surface area (Å²) >= 11 is 0. The maximum atomic E-state index is 12.3. The molecular formula is C15H20O4. The monoisotopic (exact) mass is 264 g/mol. The summed E-state index contributed by atoms with van der Waals surface area (Å²) in [5, 5.41) is 20.1. The van der Waals surface area contributed by atoms with Crippen LogP contribution < -0.4 is 0 Å². The second kappa shape index (κ2) is 3.78. The van der Waals surface area contributed by atoms with Gasteiger partial charge in [0.05, 0.1) is 12.7 Å². The quantitative estimate of drug-likeness (QED) is 0.576. The van der Waals surface area contributed by atoms with Gasteiger partial charge in [-0.25, -0.2) is 0 Å². The highest BCUT2D eigenvalue weighted by Crippen LogP contribution is 2.63. The van der Waals surface area contributed by atoms with Gasteiger partial charge in [0.2, 0.25) is 0 Å². The van der Waals surface area contributed by atoms with E-state index in [0.717, 1.165) is 5.57 Å². The van der Waals surface area contributed by atoms with Crippen LogP contribution in [0.2, 0.25) is 0 Å². The molecule has 19 heavy (non-hydrogen) atoms. The van der Waals surface area contributed by atoms with Crippen LogP contribution >= 0.6 is 0 Å². The summed E-state index contributed by atoms with van der Waals surface area (Å²) in [6, 6.07) is 0. The number of ether oxygens (including phenoxy) is 1. The molecule has 0 amide bonds. The van der Waals surface area contributed by atoms with Crippen molar-refractivity contribution in [2.75, 3.05) is 6.61 Å². The lowest BCUT2D eigenvalue weighted by molar-refractivity contribution is -0.119. The number of rotatable bonds is 2. The van der Waals surface area contributed by atoms with Gasteiger partial charge in [-0.05, 0) is 37.3 Å². The summed E-state index contributed by atoms with van der Waals surface area (Å²) in [6.07, 6.45) is 2.06. The van der Waals surface area contributed by atoms with Gasteiger partial charge in [0, 0.05) is 5.41 Å². The fourth-order valence-corrected chi connectivity index (χ4v) is 3.97. The Labute approximate surface area is 112 Å². The number of aliphatic hydroxyl groups excluding tert-OH is 2. The van der Waals surface area contributed by atoms with E-state index in [4.69, 9.17) is 4.74 Å². The summed E-state index contributed by atoms with van der Waals surface area (Å²) in [4.78, 5) is 12.3. The van der Waals surface area contributed by atoms with Crippen LogP contribution in [0.5, 0.6) is 0 Å². The molecule has 1 aliphatic heterocycles. The van der Waals surface area contributed by atoms with Crippen molar-refractivity contribution in [1.82, 2.24) is 0 Å². The first kappa shape index (κ1) is 13.0. The van der Waals surface area contributed by atoms with Gasteiger partial charge >= 0.3 is 0 Å². The van der Waals surface area contributed by atoms with E-state index in [1.165, 1.54) is 0 Å². The summed E-state index contributed by atoms with van der Waals surface area (Å²) in [5.41, 5.74) is 0.0114. The van der Waals surface area contributed by atoms with Gasteiger partial charge in [0.15, 0.2) is 11.4 Å². The highest BCUT2D eigenvalue weighted by Gasteiger charge is 2.74. The first-order valence-corrected chi connectivity index (χ1v) is 6.79. The third kappa shape index (κ3) is 1.32. The molecular weight excluding hydrogens is 244 g/mol. The number of carbonyl (C=O) groups is 1. The molecule has 3 aliphatic rings. The maximum absolute atomic E-state index is 12.3. The number of hydrogen-bond acceptors (Lipinski definition) is 4. The zero-order valence-corrected chi connectivity index (χ0v) is 11.3. The Bertz CT molecular complexity index is 494. The zero-order chi connectivity index (χ0) is 14.0. The van der Waals surface area contributed by atoms with Crippen LogP contribution in [-0.2, 0) is 9.53 Å². The van der Waals surface area contributed by atoms with Crippen molar-refractivity contribution in [1.29, 1.82) is 0 Å². The molecule has 4 nitrogen and oxygen atoms in total. The van der Waals surface area contributed by atoms with Crippen molar-refractivity contribution in [3.8, 4) is 0 Å². The average Bonchev–Trinajstić information content (AvgIpc) is 3.12. The van der Waals surface area contributed by atoms with Crippen LogP contribution in [0.1, 0.15) is 26.7 Å². The Hall–Kier alpha value is -0.970. The summed E-state index contributed by atoms with van der Waals surface area (Å²) in [7, 11) is 0. The van der Waals surface area contributed by atoms with E-state index in [1.54, 1.807) is 13.0 Å². The Morgan fingerprint density at radius 3 is 2.89 bits per heavy atom. The molecule has 5 atom stereocenters. The Morgan fingerprint density at radius 2 is 2.32 bits per heavy atom. The van der Waals surface area contributed by atoms with E-state index in [2.05, 4.69) is 6.58 Å². The molecule has 0 radical (unpaired) electrons. The standard InChI is InChI=1S/C15H20O4/c1-8(2)15-12(18)6-10-4-5-11(17)9(3)14(10,7-16)13(15)19-15/h6,9,11,13,16-17H,1,4-5,7H2,2-3H3. The minimum Gasteiger partial charge on any atom is -0.395 e. The van der Waals surface area contributed by atoms with Crippen molar-refractivity contribution < 1.29 is 19.7 Å². The van der Waals surface area contributed by atoms with Crippen LogP contribution in [0, 0.1) is 11.3 Å². The number of epoxide rings is 1. The maximum Gasteiger partial charge on any atom is 0.194 e. The van der Waals surface area contributed by atoms with Crippen molar-refractivity contribution >= 4 is 5.78 Å². The molecule has 5 unspecified atom stereocenters. The topological polar surface area (TPSA) is 70.1 Å². The summed E-state index contributed by atoms with van der Waals surface area (Å²) in [5.74, 6) is -0.190. The molecule has 1 saturated carbocycles. The molecule has 2 aliphatic carbocycles. The van der Waals surface area contributed by atoms with Crippen molar-refractivity contribution in [3.05, 3.63) is 23.8 Å². The first-order valence-electron chi connectivity index (χ1n) is 6.79. The smallest absolute Gasteiger partial charge is 0.194 e. The lowest BCUT2D eigenvalue weighted by Crippen LogP contribution is -2.53. The molecule has 0 aromatic carbocycles. The third-order valence-electron chi connectivity index (χ3n) is 5.35.